The predicted molar refractivity (Wildman–Crippen MR) is 100 cm³/mol. The SMILES string of the molecule is CO[C@H]1C[C@@H](Nc2ncc3c(-c4cc(F)c5ncc(C)n5c4)c[nH]c3n2)C1. The first kappa shape index (κ1) is 16.2. The zero-order chi connectivity index (χ0) is 18.5. The lowest BCUT2D eigenvalue weighted by molar-refractivity contribution is 0.0327. The van der Waals surface area contributed by atoms with E-state index >= 15 is 0 Å². The Bertz CT molecular complexity index is 1140. The number of hydrogen-bond acceptors (Lipinski definition) is 5. The lowest BCUT2D eigenvalue weighted by Gasteiger charge is -2.34. The molecule has 2 N–H and O–H groups in total. The van der Waals surface area contributed by atoms with Crippen molar-refractivity contribution in [3.05, 3.63) is 42.4 Å². The molecule has 1 aliphatic rings. The maximum atomic E-state index is 14.4. The number of pyridine rings is 1. The van der Waals surface area contributed by atoms with Gasteiger partial charge in [0, 0.05) is 60.1 Å². The lowest BCUT2D eigenvalue weighted by atomic mass is 9.89. The van der Waals surface area contributed by atoms with Gasteiger partial charge in [-0.25, -0.2) is 14.4 Å². The number of rotatable bonds is 4. The summed E-state index contributed by atoms with van der Waals surface area (Å²) in [6.07, 6.45) is 9.38. The number of hydrogen-bond donors (Lipinski definition) is 2. The third kappa shape index (κ3) is 2.64. The average Bonchev–Trinajstić information content (AvgIpc) is 3.21. The van der Waals surface area contributed by atoms with Gasteiger partial charge in [0.05, 0.1) is 6.10 Å². The van der Waals surface area contributed by atoms with Crippen molar-refractivity contribution in [3.8, 4) is 11.1 Å². The number of nitrogens with one attached hydrogen (secondary N) is 2. The standard InChI is InChI=1S/C19H19FN6O/c1-10-6-22-18-16(20)3-11(9-26(10)18)14-7-21-17-15(14)8-23-19(25-17)24-12-4-13(5-12)27-2/h3,6-9,12-13H,4-5H2,1-2H3,(H2,21,23,24,25)/t12-,13+. The van der Waals surface area contributed by atoms with Gasteiger partial charge in [-0.1, -0.05) is 0 Å². The van der Waals surface area contributed by atoms with E-state index in [1.54, 1.807) is 23.9 Å². The van der Waals surface area contributed by atoms with Crippen LogP contribution in [-0.4, -0.2) is 43.6 Å². The molecule has 4 aromatic rings. The molecule has 27 heavy (non-hydrogen) atoms. The second kappa shape index (κ2) is 6.02. The fourth-order valence-corrected chi connectivity index (χ4v) is 3.58. The van der Waals surface area contributed by atoms with Crippen LogP contribution in [0.25, 0.3) is 27.8 Å². The maximum absolute atomic E-state index is 14.4. The maximum Gasteiger partial charge on any atom is 0.224 e. The zero-order valence-electron chi connectivity index (χ0n) is 15.0. The minimum absolute atomic E-state index is 0.319. The predicted octanol–water partition coefficient (Wildman–Crippen LogP) is 3.31. The Labute approximate surface area is 154 Å². The molecule has 5 rings (SSSR count). The van der Waals surface area contributed by atoms with E-state index in [0.717, 1.165) is 35.0 Å². The molecule has 1 aliphatic carbocycles. The third-order valence-corrected chi connectivity index (χ3v) is 5.25. The van der Waals surface area contributed by atoms with Crippen molar-refractivity contribution in [3.63, 3.8) is 0 Å². The molecule has 0 aromatic carbocycles. The molecule has 0 saturated heterocycles. The smallest absolute Gasteiger partial charge is 0.224 e. The first-order chi connectivity index (χ1) is 13.1. The molecule has 8 heteroatoms. The Balaban J connectivity index is 1.49. The second-order valence-corrected chi connectivity index (χ2v) is 7.00. The van der Waals surface area contributed by atoms with Crippen molar-refractivity contribution < 1.29 is 9.13 Å². The summed E-state index contributed by atoms with van der Waals surface area (Å²) in [7, 11) is 1.73. The van der Waals surface area contributed by atoms with Crippen LogP contribution in [0.1, 0.15) is 18.5 Å². The Morgan fingerprint density at radius 1 is 1.30 bits per heavy atom. The molecule has 0 amide bonds. The largest absolute Gasteiger partial charge is 0.381 e. The number of imidazole rings is 1. The van der Waals surface area contributed by atoms with E-state index < -0.39 is 0 Å². The van der Waals surface area contributed by atoms with Crippen molar-refractivity contribution in [2.75, 3.05) is 12.4 Å². The monoisotopic (exact) mass is 366 g/mol. The molecule has 0 spiro atoms. The van der Waals surface area contributed by atoms with Gasteiger partial charge in [0.15, 0.2) is 11.5 Å². The third-order valence-electron chi connectivity index (χ3n) is 5.25. The van der Waals surface area contributed by atoms with Crippen LogP contribution in [0.2, 0.25) is 0 Å². The van der Waals surface area contributed by atoms with Crippen LogP contribution >= 0.6 is 0 Å². The lowest BCUT2D eigenvalue weighted by Crippen LogP contribution is -2.40. The summed E-state index contributed by atoms with van der Waals surface area (Å²) >= 11 is 0. The van der Waals surface area contributed by atoms with Crippen molar-refractivity contribution in [2.45, 2.75) is 31.9 Å². The summed E-state index contributed by atoms with van der Waals surface area (Å²) in [4.78, 5) is 16.3. The summed E-state index contributed by atoms with van der Waals surface area (Å²) < 4.78 is 21.5. The summed E-state index contributed by atoms with van der Waals surface area (Å²) in [5.74, 6) is 0.231. The number of fused-ring (bicyclic) bond motifs is 2. The van der Waals surface area contributed by atoms with E-state index in [4.69, 9.17) is 4.74 Å². The molecule has 0 aliphatic heterocycles. The summed E-state index contributed by atoms with van der Waals surface area (Å²) in [5.41, 5.74) is 3.52. The molecular formula is C19H19FN6O. The molecule has 4 aromatic heterocycles. The number of ether oxygens (including phenoxy) is 1. The van der Waals surface area contributed by atoms with Crippen LogP contribution in [0.4, 0.5) is 10.3 Å². The van der Waals surface area contributed by atoms with E-state index in [-0.39, 0.29) is 5.82 Å². The number of methoxy groups -OCH3 is 1. The highest BCUT2D eigenvalue weighted by Crippen LogP contribution is 2.30. The number of anilines is 1. The number of aryl methyl sites for hydroxylation is 1. The number of halogens is 1. The normalized spacial score (nSPS) is 19.5. The van der Waals surface area contributed by atoms with Crippen molar-refractivity contribution in [1.29, 1.82) is 0 Å². The fraction of sp³-hybridized carbons (Fsp3) is 0.316. The van der Waals surface area contributed by atoms with E-state index in [0.29, 0.717) is 29.4 Å². The van der Waals surface area contributed by atoms with E-state index in [1.807, 2.05) is 19.3 Å². The van der Waals surface area contributed by atoms with Gasteiger partial charge in [0.25, 0.3) is 0 Å². The van der Waals surface area contributed by atoms with Gasteiger partial charge in [-0.05, 0) is 25.8 Å². The number of aromatic amines is 1. The zero-order valence-corrected chi connectivity index (χ0v) is 15.0. The van der Waals surface area contributed by atoms with Gasteiger partial charge < -0.3 is 19.4 Å². The van der Waals surface area contributed by atoms with Gasteiger partial charge in [-0.15, -0.1) is 0 Å². The Morgan fingerprint density at radius 3 is 2.96 bits per heavy atom. The summed E-state index contributed by atoms with van der Waals surface area (Å²) in [6.45, 7) is 1.90. The minimum Gasteiger partial charge on any atom is -0.381 e. The molecule has 138 valence electrons. The number of H-pyrrole nitrogens is 1. The highest BCUT2D eigenvalue weighted by Gasteiger charge is 2.29. The molecule has 1 fully saturated rings. The van der Waals surface area contributed by atoms with Crippen molar-refractivity contribution in [1.82, 2.24) is 24.3 Å². The van der Waals surface area contributed by atoms with E-state index in [2.05, 4.69) is 25.3 Å². The molecule has 0 atom stereocenters. The Morgan fingerprint density at radius 2 is 2.15 bits per heavy atom. The molecule has 0 radical (unpaired) electrons. The van der Waals surface area contributed by atoms with Crippen molar-refractivity contribution in [2.24, 2.45) is 0 Å². The molecule has 1 saturated carbocycles. The molecule has 4 heterocycles. The highest BCUT2D eigenvalue weighted by atomic mass is 19.1. The van der Waals surface area contributed by atoms with Gasteiger partial charge in [-0.2, -0.15) is 4.98 Å². The first-order valence-corrected chi connectivity index (χ1v) is 8.89. The van der Waals surface area contributed by atoms with Crippen LogP contribution in [0.3, 0.4) is 0 Å². The van der Waals surface area contributed by atoms with E-state index in [1.165, 1.54) is 6.07 Å². The van der Waals surface area contributed by atoms with Gasteiger partial charge in [0.2, 0.25) is 5.95 Å². The molecule has 7 nitrogen and oxygen atoms in total. The Hall–Kier alpha value is -3.00. The van der Waals surface area contributed by atoms with Crippen LogP contribution < -0.4 is 5.32 Å². The number of aromatic nitrogens is 5. The van der Waals surface area contributed by atoms with E-state index in [9.17, 15) is 4.39 Å². The molecule has 0 bridgehead atoms. The fourth-order valence-electron chi connectivity index (χ4n) is 3.58. The van der Waals surface area contributed by atoms with Crippen LogP contribution in [0.15, 0.2) is 30.9 Å². The van der Waals surface area contributed by atoms with Crippen molar-refractivity contribution >= 4 is 22.6 Å². The van der Waals surface area contributed by atoms with Crippen LogP contribution in [0, 0.1) is 12.7 Å². The second-order valence-electron chi connectivity index (χ2n) is 7.00. The minimum atomic E-state index is -0.355. The molecular weight excluding hydrogens is 347 g/mol. The summed E-state index contributed by atoms with van der Waals surface area (Å²) in [6, 6.07) is 1.83. The highest BCUT2D eigenvalue weighted by molar-refractivity contribution is 5.93. The Kier molecular flexibility index (Phi) is 3.61. The first-order valence-electron chi connectivity index (χ1n) is 8.89. The van der Waals surface area contributed by atoms with Gasteiger partial charge in [0.1, 0.15) is 5.65 Å². The van der Waals surface area contributed by atoms with Gasteiger partial charge in [-0.3, -0.25) is 0 Å². The van der Waals surface area contributed by atoms with Crippen LogP contribution in [0.5, 0.6) is 0 Å². The quantitative estimate of drug-likeness (QED) is 0.579. The van der Waals surface area contributed by atoms with Crippen LogP contribution in [-0.2, 0) is 4.74 Å². The molecule has 0 unspecified atom stereocenters. The number of nitrogens with zero attached hydrogens (tertiary/aromatic N) is 4. The average molecular weight is 366 g/mol. The summed E-state index contributed by atoms with van der Waals surface area (Å²) in [5, 5.41) is 4.17. The topological polar surface area (TPSA) is 80.1 Å². The van der Waals surface area contributed by atoms with Gasteiger partial charge >= 0.3 is 0 Å².